The molecule has 0 spiro atoms. The molecule has 1 fully saturated rings. The van der Waals surface area contributed by atoms with Gasteiger partial charge >= 0.3 is 0 Å². The Balaban J connectivity index is 1.72. The maximum atomic E-state index is 5.38. The van der Waals surface area contributed by atoms with Gasteiger partial charge in [-0.1, -0.05) is 0 Å². The summed E-state index contributed by atoms with van der Waals surface area (Å²) in [4.78, 5) is 6.52. The Morgan fingerprint density at radius 3 is 3.07 bits per heavy atom. The number of hydrogen-bond acceptors (Lipinski definition) is 4. The summed E-state index contributed by atoms with van der Waals surface area (Å²) >= 11 is 0. The second kappa shape index (κ2) is 3.70. The first-order chi connectivity index (χ1) is 7.43. The topological polar surface area (TPSA) is 36.9 Å². The van der Waals surface area contributed by atoms with E-state index in [0.29, 0.717) is 6.04 Å². The smallest absolute Gasteiger partial charge is 0.0923 e. The lowest BCUT2D eigenvalue weighted by Crippen LogP contribution is -2.34. The van der Waals surface area contributed by atoms with E-state index < -0.39 is 0 Å². The van der Waals surface area contributed by atoms with Crippen molar-refractivity contribution in [2.24, 2.45) is 4.99 Å². The van der Waals surface area contributed by atoms with Crippen LogP contribution < -0.4 is 5.32 Å². The number of ether oxygens (including phenoxy) is 1. The van der Waals surface area contributed by atoms with Crippen LogP contribution in [-0.2, 0) is 4.74 Å². The second-order valence-electron chi connectivity index (χ2n) is 4.14. The molecule has 3 aliphatic heterocycles. The Bertz CT molecular complexity index is 340. The van der Waals surface area contributed by atoms with Crippen LogP contribution in [0.2, 0.25) is 0 Å². The van der Waals surface area contributed by atoms with Gasteiger partial charge in [0.2, 0.25) is 0 Å². The third-order valence-electron chi connectivity index (χ3n) is 3.18. The van der Waals surface area contributed by atoms with Crippen molar-refractivity contribution in [2.75, 3.05) is 19.8 Å². The van der Waals surface area contributed by atoms with Crippen molar-refractivity contribution < 1.29 is 4.74 Å². The Morgan fingerprint density at radius 1 is 1.40 bits per heavy atom. The number of fused-ring (bicyclic) bond motifs is 1. The molecule has 3 rings (SSSR count). The van der Waals surface area contributed by atoms with E-state index in [1.165, 1.54) is 11.3 Å². The van der Waals surface area contributed by atoms with Crippen LogP contribution in [0.3, 0.4) is 0 Å². The molecule has 15 heavy (non-hydrogen) atoms. The molecule has 3 heterocycles. The zero-order chi connectivity index (χ0) is 10.1. The highest BCUT2D eigenvalue weighted by molar-refractivity contribution is 5.64. The van der Waals surface area contributed by atoms with Gasteiger partial charge < -0.3 is 15.0 Å². The molecule has 0 aromatic heterocycles. The normalized spacial score (nSPS) is 25.7. The third kappa shape index (κ3) is 1.65. The summed E-state index contributed by atoms with van der Waals surface area (Å²) in [6.45, 7) is 2.78. The highest BCUT2D eigenvalue weighted by atomic mass is 16.5. The zero-order valence-corrected chi connectivity index (χ0v) is 8.65. The summed E-state index contributed by atoms with van der Waals surface area (Å²) in [6, 6.07) is 0.638. The van der Waals surface area contributed by atoms with E-state index in [1.54, 1.807) is 6.34 Å². The zero-order valence-electron chi connectivity index (χ0n) is 8.65. The largest absolute Gasteiger partial charge is 0.381 e. The molecule has 80 valence electrons. The van der Waals surface area contributed by atoms with Crippen LogP contribution in [0, 0.1) is 0 Å². The number of rotatable bonds is 1. The fourth-order valence-electron chi connectivity index (χ4n) is 2.30. The van der Waals surface area contributed by atoms with Crippen LogP contribution in [0.15, 0.2) is 28.7 Å². The lowest BCUT2D eigenvalue weighted by atomic mass is 10.1. The van der Waals surface area contributed by atoms with Crippen LogP contribution >= 0.6 is 0 Å². The summed E-state index contributed by atoms with van der Waals surface area (Å²) < 4.78 is 5.38. The van der Waals surface area contributed by atoms with Gasteiger partial charge in [-0.15, -0.1) is 0 Å². The third-order valence-corrected chi connectivity index (χ3v) is 3.18. The predicted octanol–water partition coefficient (Wildman–Crippen LogP) is 0.838. The number of nitrogens with one attached hydrogen (secondary N) is 1. The van der Waals surface area contributed by atoms with E-state index >= 15 is 0 Å². The lowest BCUT2D eigenvalue weighted by Gasteiger charge is -2.30. The molecule has 0 unspecified atom stereocenters. The molecule has 0 aromatic carbocycles. The molecule has 0 amide bonds. The van der Waals surface area contributed by atoms with E-state index in [4.69, 9.17) is 4.74 Å². The van der Waals surface area contributed by atoms with Gasteiger partial charge in [0.1, 0.15) is 0 Å². The van der Waals surface area contributed by atoms with Crippen molar-refractivity contribution in [1.82, 2.24) is 10.2 Å². The van der Waals surface area contributed by atoms with Gasteiger partial charge in [0.15, 0.2) is 0 Å². The maximum Gasteiger partial charge on any atom is 0.0923 e. The molecular weight excluding hydrogens is 190 g/mol. The summed E-state index contributed by atoms with van der Waals surface area (Å²) in [6.07, 6.45) is 8.17. The highest BCUT2D eigenvalue weighted by Gasteiger charge is 2.26. The molecular formula is C11H15N3O. The maximum absolute atomic E-state index is 5.38. The van der Waals surface area contributed by atoms with Crippen molar-refractivity contribution in [3.05, 3.63) is 23.7 Å². The summed E-state index contributed by atoms with van der Waals surface area (Å²) in [5.74, 6) is 0. The molecule has 0 radical (unpaired) electrons. The first-order valence-corrected chi connectivity index (χ1v) is 5.46. The van der Waals surface area contributed by atoms with Crippen molar-refractivity contribution >= 4 is 6.34 Å². The molecule has 3 aliphatic rings. The molecule has 0 atom stereocenters. The van der Waals surface area contributed by atoms with Crippen molar-refractivity contribution in [3.63, 3.8) is 0 Å². The SMILES string of the molecule is C1=NC=C2CN(C3CCOCC3)C=C2N1. The fraction of sp³-hybridized carbons (Fsp3) is 0.545. The van der Waals surface area contributed by atoms with Gasteiger partial charge in [0.25, 0.3) is 0 Å². The van der Waals surface area contributed by atoms with Gasteiger partial charge in [-0.3, -0.25) is 0 Å². The Labute approximate surface area is 89.3 Å². The Hall–Kier alpha value is -1.29. The standard InChI is InChI=1S/C11H15N3O/c1-3-15-4-2-10(1)14-6-9-5-12-8-13-11(9)7-14/h5,7-8,10H,1-4,6H2,(H,12,13). The number of nitrogens with zero attached hydrogens (tertiary/aromatic N) is 2. The molecule has 4 heteroatoms. The molecule has 1 N–H and O–H groups in total. The van der Waals surface area contributed by atoms with E-state index in [-0.39, 0.29) is 0 Å². The van der Waals surface area contributed by atoms with Crippen molar-refractivity contribution in [3.8, 4) is 0 Å². The van der Waals surface area contributed by atoms with Crippen LogP contribution in [0.1, 0.15) is 12.8 Å². The average Bonchev–Trinajstić information content (AvgIpc) is 2.74. The van der Waals surface area contributed by atoms with Gasteiger partial charge in [-0.25, -0.2) is 4.99 Å². The van der Waals surface area contributed by atoms with Crippen LogP contribution in [0.25, 0.3) is 0 Å². The van der Waals surface area contributed by atoms with Gasteiger partial charge in [0.05, 0.1) is 12.0 Å². The minimum absolute atomic E-state index is 0.638. The van der Waals surface area contributed by atoms with E-state index in [1.807, 2.05) is 6.20 Å². The Morgan fingerprint density at radius 2 is 2.27 bits per heavy atom. The summed E-state index contributed by atoms with van der Waals surface area (Å²) in [5.41, 5.74) is 2.50. The van der Waals surface area contributed by atoms with E-state index in [0.717, 1.165) is 32.6 Å². The molecule has 0 bridgehead atoms. The lowest BCUT2D eigenvalue weighted by molar-refractivity contribution is 0.0532. The Kier molecular flexibility index (Phi) is 2.21. The van der Waals surface area contributed by atoms with Gasteiger partial charge in [-0.05, 0) is 12.8 Å². The highest BCUT2D eigenvalue weighted by Crippen LogP contribution is 2.25. The molecule has 4 nitrogen and oxygen atoms in total. The summed E-state index contributed by atoms with van der Waals surface area (Å²) in [7, 11) is 0. The number of aliphatic imine (C=N–C) groups is 1. The molecule has 1 saturated heterocycles. The minimum Gasteiger partial charge on any atom is -0.381 e. The second-order valence-corrected chi connectivity index (χ2v) is 4.14. The van der Waals surface area contributed by atoms with Crippen LogP contribution in [-0.4, -0.2) is 37.0 Å². The molecule has 0 aliphatic carbocycles. The fourth-order valence-corrected chi connectivity index (χ4v) is 2.30. The average molecular weight is 205 g/mol. The molecule has 0 saturated carbocycles. The van der Waals surface area contributed by atoms with Crippen LogP contribution in [0.5, 0.6) is 0 Å². The first-order valence-electron chi connectivity index (χ1n) is 5.46. The monoisotopic (exact) mass is 205 g/mol. The molecule has 0 aromatic rings. The van der Waals surface area contributed by atoms with Crippen molar-refractivity contribution in [1.29, 1.82) is 0 Å². The summed E-state index contributed by atoms with van der Waals surface area (Å²) in [5, 5.41) is 3.18. The number of hydrogen-bond donors (Lipinski definition) is 1. The van der Waals surface area contributed by atoms with Crippen LogP contribution in [0.4, 0.5) is 0 Å². The minimum atomic E-state index is 0.638. The van der Waals surface area contributed by atoms with Gasteiger partial charge in [0, 0.05) is 43.8 Å². The quantitative estimate of drug-likeness (QED) is 0.689. The van der Waals surface area contributed by atoms with Gasteiger partial charge in [-0.2, -0.15) is 0 Å². The van der Waals surface area contributed by atoms with Crippen molar-refractivity contribution in [2.45, 2.75) is 18.9 Å². The predicted molar refractivity (Wildman–Crippen MR) is 58.3 cm³/mol. The first kappa shape index (κ1) is 8.97. The van der Waals surface area contributed by atoms with E-state index in [2.05, 4.69) is 21.4 Å². The van der Waals surface area contributed by atoms with E-state index in [9.17, 15) is 0 Å².